The molecule has 14 heavy (non-hydrogen) atoms. The van der Waals surface area contributed by atoms with Crippen molar-refractivity contribution in [2.24, 2.45) is 0 Å². The highest BCUT2D eigenvalue weighted by atomic mass is 19.1. The molecular formula is C13H17F. The zero-order valence-electron chi connectivity index (χ0n) is 8.89. The average Bonchev–Trinajstić information content (AvgIpc) is 2.04. The minimum atomic E-state index is 0.000833. The van der Waals surface area contributed by atoms with Crippen LogP contribution in [0.25, 0.3) is 0 Å². The predicted molar refractivity (Wildman–Crippen MR) is 57.1 cm³/mol. The lowest BCUT2D eigenvalue weighted by atomic mass is 9.76. The molecule has 0 nitrogen and oxygen atoms in total. The van der Waals surface area contributed by atoms with Gasteiger partial charge in [0.15, 0.2) is 0 Å². The molecule has 1 aromatic carbocycles. The Kier molecular flexibility index (Phi) is 2.58. The molecule has 76 valence electrons. The van der Waals surface area contributed by atoms with Crippen LogP contribution in [0.15, 0.2) is 18.2 Å². The summed E-state index contributed by atoms with van der Waals surface area (Å²) in [7, 11) is 0. The fraction of sp³-hybridized carbons (Fsp3) is 0.538. The van der Waals surface area contributed by atoms with E-state index in [0.717, 1.165) is 5.56 Å². The fourth-order valence-corrected chi connectivity index (χ4v) is 2.18. The first-order valence-electron chi connectivity index (χ1n) is 5.48. The van der Waals surface area contributed by atoms with E-state index in [4.69, 9.17) is 0 Å². The Morgan fingerprint density at radius 2 is 2.00 bits per heavy atom. The molecule has 0 aliphatic heterocycles. The second-order valence-corrected chi connectivity index (χ2v) is 4.53. The summed E-state index contributed by atoms with van der Waals surface area (Å²) in [5.74, 6) is 0.927. The minimum absolute atomic E-state index is 0.000833. The van der Waals surface area contributed by atoms with E-state index < -0.39 is 0 Å². The molecule has 1 aliphatic rings. The molecule has 0 atom stereocenters. The van der Waals surface area contributed by atoms with Crippen molar-refractivity contribution in [3.8, 4) is 0 Å². The zero-order chi connectivity index (χ0) is 10.1. The van der Waals surface area contributed by atoms with Gasteiger partial charge < -0.3 is 0 Å². The minimum Gasteiger partial charge on any atom is -0.207 e. The van der Waals surface area contributed by atoms with E-state index >= 15 is 0 Å². The molecule has 1 fully saturated rings. The van der Waals surface area contributed by atoms with Gasteiger partial charge in [0, 0.05) is 0 Å². The molecule has 1 saturated carbocycles. The molecule has 0 spiro atoms. The molecule has 0 heterocycles. The summed E-state index contributed by atoms with van der Waals surface area (Å²) in [6, 6.07) is 5.49. The van der Waals surface area contributed by atoms with Crippen LogP contribution < -0.4 is 0 Å². The van der Waals surface area contributed by atoms with Crippen molar-refractivity contribution in [3.05, 3.63) is 35.1 Å². The van der Waals surface area contributed by atoms with E-state index in [1.165, 1.54) is 24.8 Å². The van der Waals surface area contributed by atoms with Gasteiger partial charge in [0.1, 0.15) is 5.82 Å². The average molecular weight is 192 g/mol. The van der Waals surface area contributed by atoms with E-state index in [2.05, 4.69) is 19.9 Å². The normalized spacial score (nSPS) is 17.1. The maximum atomic E-state index is 13.7. The number of rotatable bonds is 2. The molecular weight excluding hydrogens is 175 g/mol. The van der Waals surface area contributed by atoms with Crippen LogP contribution in [-0.4, -0.2) is 0 Å². The quantitative estimate of drug-likeness (QED) is 0.658. The Morgan fingerprint density at radius 3 is 2.50 bits per heavy atom. The SMILES string of the molecule is CC(C)c1cccc(F)c1C1CCC1. The summed E-state index contributed by atoms with van der Waals surface area (Å²) in [5.41, 5.74) is 2.20. The second-order valence-electron chi connectivity index (χ2n) is 4.53. The summed E-state index contributed by atoms with van der Waals surface area (Å²) in [5, 5.41) is 0. The van der Waals surface area contributed by atoms with E-state index in [9.17, 15) is 4.39 Å². The molecule has 0 saturated heterocycles. The molecule has 0 N–H and O–H groups in total. The highest BCUT2D eigenvalue weighted by molar-refractivity contribution is 5.35. The third-order valence-corrected chi connectivity index (χ3v) is 3.22. The Morgan fingerprint density at radius 1 is 1.29 bits per heavy atom. The maximum Gasteiger partial charge on any atom is 0.126 e. The van der Waals surface area contributed by atoms with Crippen molar-refractivity contribution < 1.29 is 4.39 Å². The molecule has 0 aromatic heterocycles. The van der Waals surface area contributed by atoms with Crippen LogP contribution in [0.2, 0.25) is 0 Å². The van der Waals surface area contributed by atoms with Gasteiger partial charge in [-0.2, -0.15) is 0 Å². The third-order valence-electron chi connectivity index (χ3n) is 3.22. The Labute approximate surface area is 85.1 Å². The summed E-state index contributed by atoms with van der Waals surface area (Å²) in [6.45, 7) is 4.27. The molecule has 1 aliphatic carbocycles. The van der Waals surface area contributed by atoms with Crippen molar-refractivity contribution in [3.63, 3.8) is 0 Å². The van der Waals surface area contributed by atoms with Gasteiger partial charge in [-0.1, -0.05) is 32.4 Å². The topological polar surface area (TPSA) is 0 Å². The Bertz CT molecular complexity index is 324. The predicted octanol–water partition coefficient (Wildman–Crippen LogP) is 4.22. The third kappa shape index (κ3) is 1.56. The first-order valence-corrected chi connectivity index (χ1v) is 5.48. The van der Waals surface area contributed by atoms with Crippen LogP contribution in [0.1, 0.15) is 56.1 Å². The van der Waals surface area contributed by atoms with Crippen molar-refractivity contribution in [1.82, 2.24) is 0 Å². The number of hydrogen-bond donors (Lipinski definition) is 0. The molecule has 0 unspecified atom stereocenters. The van der Waals surface area contributed by atoms with E-state index in [1.54, 1.807) is 6.07 Å². The van der Waals surface area contributed by atoms with E-state index in [-0.39, 0.29) is 5.82 Å². The summed E-state index contributed by atoms with van der Waals surface area (Å²) >= 11 is 0. The lowest BCUT2D eigenvalue weighted by Crippen LogP contribution is -2.13. The highest BCUT2D eigenvalue weighted by Crippen LogP contribution is 2.40. The van der Waals surface area contributed by atoms with Crippen LogP contribution >= 0.6 is 0 Å². The molecule has 0 bridgehead atoms. The van der Waals surface area contributed by atoms with Gasteiger partial charge in [0.25, 0.3) is 0 Å². The van der Waals surface area contributed by atoms with Crippen LogP contribution in [0.4, 0.5) is 4.39 Å². The summed E-state index contributed by atoms with van der Waals surface area (Å²) in [6.07, 6.45) is 3.60. The van der Waals surface area contributed by atoms with Gasteiger partial charge in [0.2, 0.25) is 0 Å². The molecule has 0 amide bonds. The zero-order valence-corrected chi connectivity index (χ0v) is 8.89. The standard InChI is InChI=1S/C13H17F/c1-9(2)11-7-4-8-12(14)13(11)10-5-3-6-10/h4,7-10H,3,5-6H2,1-2H3. The largest absolute Gasteiger partial charge is 0.207 e. The van der Waals surface area contributed by atoms with Crippen molar-refractivity contribution in [1.29, 1.82) is 0 Å². The van der Waals surface area contributed by atoms with Crippen LogP contribution in [0.3, 0.4) is 0 Å². The van der Waals surface area contributed by atoms with Gasteiger partial charge in [-0.3, -0.25) is 0 Å². The lowest BCUT2D eigenvalue weighted by molar-refractivity contribution is 0.400. The second kappa shape index (κ2) is 3.72. The number of halogens is 1. The number of benzene rings is 1. The molecule has 1 aromatic rings. The molecule has 2 rings (SSSR count). The van der Waals surface area contributed by atoms with Crippen molar-refractivity contribution in [2.75, 3.05) is 0 Å². The summed E-state index contributed by atoms with van der Waals surface area (Å²) in [4.78, 5) is 0. The maximum absolute atomic E-state index is 13.7. The molecule has 1 heteroatoms. The van der Waals surface area contributed by atoms with Crippen LogP contribution in [0.5, 0.6) is 0 Å². The van der Waals surface area contributed by atoms with Gasteiger partial charge in [-0.15, -0.1) is 0 Å². The van der Waals surface area contributed by atoms with Crippen molar-refractivity contribution in [2.45, 2.75) is 44.9 Å². The Balaban J connectivity index is 2.42. The number of hydrogen-bond acceptors (Lipinski definition) is 0. The fourth-order valence-electron chi connectivity index (χ4n) is 2.18. The first kappa shape index (κ1) is 9.70. The van der Waals surface area contributed by atoms with Gasteiger partial charge in [-0.25, -0.2) is 4.39 Å². The Hall–Kier alpha value is -0.850. The van der Waals surface area contributed by atoms with Crippen molar-refractivity contribution >= 4 is 0 Å². The monoisotopic (exact) mass is 192 g/mol. The first-order chi connectivity index (χ1) is 6.70. The summed E-state index contributed by atoms with van der Waals surface area (Å²) < 4.78 is 13.7. The molecule has 0 radical (unpaired) electrons. The van der Waals surface area contributed by atoms with Gasteiger partial charge in [-0.05, 0) is 41.9 Å². The highest BCUT2D eigenvalue weighted by Gasteiger charge is 2.25. The van der Waals surface area contributed by atoms with E-state index in [1.807, 2.05) is 6.07 Å². The van der Waals surface area contributed by atoms with Gasteiger partial charge in [0.05, 0.1) is 0 Å². The van der Waals surface area contributed by atoms with Crippen LogP contribution in [0, 0.1) is 5.82 Å². The van der Waals surface area contributed by atoms with E-state index in [0.29, 0.717) is 11.8 Å². The van der Waals surface area contributed by atoms with Crippen LogP contribution in [-0.2, 0) is 0 Å². The smallest absolute Gasteiger partial charge is 0.126 e. The van der Waals surface area contributed by atoms with Gasteiger partial charge >= 0.3 is 0 Å². The lowest BCUT2D eigenvalue weighted by Gasteiger charge is -2.29.